The zero-order valence-corrected chi connectivity index (χ0v) is 17.1. The smallest absolute Gasteiger partial charge is 0.331 e. The van der Waals surface area contributed by atoms with Crippen LogP contribution >= 0.6 is 11.3 Å². The number of hydrogen-bond donors (Lipinski definition) is 2. The van der Waals surface area contributed by atoms with E-state index in [1.165, 1.54) is 41.8 Å². The van der Waals surface area contributed by atoms with Crippen molar-refractivity contribution >= 4 is 49.7 Å². The first-order valence-corrected chi connectivity index (χ1v) is 11.1. The molecule has 2 N–H and O–H groups in total. The van der Waals surface area contributed by atoms with Crippen molar-refractivity contribution in [2.75, 3.05) is 28.0 Å². The van der Waals surface area contributed by atoms with E-state index >= 15 is 0 Å². The Kier molecular flexibility index (Phi) is 5.38. The van der Waals surface area contributed by atoms with E-state index in [2.05, 4.69) is 15.0 Å². The van der Waals surface area contributed by atoms with E-state index in [1.54, 1.807) is 34.5 Å². The van der Waals surface area contributed by atoms with Crippen LogP contribution in [0, 0.1) is 0 Å². The van der Waals surface area contributed by atoms with E-state index in [9.17, 15) is 18.0 Å². The number of carbonyl (C=O) groups is 2. The number of hydrogen-bond acceptors (Lipinski definition) is 8. The molecule has 0 atom stereocenters. The van der Waals surface area contributed by atoms with E-state index in [-0.39, 0.29) is 29.0 Å². The van der Waals surface area contributed by atoms with E-state index in [1.807, 2.05) is 0 Å². The van der Waals surface area contributed by atoms with Crippen molar-refractivity contribution < 1.29 is 22.7 Å². The van der Waals surface area contributed by atoms with Crippen LogP contribution in [0.5, 0.6) is 5.75 Å². The normalized spacial score (nSPS) is 13.3. The molecule has 0 radical (unpaired) electrons. The van der Waals surface area contributed by atoms with Crippen LogP contribution in [0.3, 0.4) is 0 Å². The number of amides is 1. The highest BCUT2D eigenvalue weighted by atomic mass is 32.2. The highest BCUT2D eigenvalue weighted by molar-refractivity contribution is 7.93. The van der Waals surface area contributed by atoms with Gasteiger partial charge in [-0.1, -0.05) is 12.1 Å². The van der Waals surface area contributed by atoms with Crippen LogP contribution in [-0.2, 0) is 19.6 Å². The number of nitrogens with one attached hydrogen (secondary N) is 2. The molecule has 1 aliphatic heterocycles. The Balaban J connectivity index is 1.41. The number of thiazole rings is 1. The second-order valence-corrected chi connectivity index (χ2v) is 8.89. The minimum atomic E-state index is -3.77. The minimum Gasteiger partial charge on any atom is -0.423 e. The highest BCUT2D eigenvalue weighted by Gasteiger charge is 2.25. The standard InChI is InChI=1S/C19H16N4O5S2/c24-17(11-23-12-18(25)28-16-4-2-1-3-15(16)23)21-13-5-7-14(8-6-13)30(26,27)22-19-20-9-10-29-19/h1-10H,11-12H2,(H,20,22)(H,21,24). The van der Waals surface area contributed by atoms with Crippen LogP contribution in [0.15, 0.2) is 65.0 Å². The Bertz CT molecular complexity index is 1180. The summed E-state index contributed by atoms with van der Waals surface area (Å²) in [6.07, 6.45) is 1.50. The highest BCUT2D eigenvalue weighted by Crippen LogP contribution is 2.31. The molecule has 0 aliphatic carbocycles. The number of benzene rings is 2. The molecule has 2 heterocycles. The van der Waals surface area contributed by atoms with Gasteiger partial charge in [0.25, 0.3) is 10.0 Å². The lowest BCUT2D eigenvalue weighted by molar-refractivity contribution is -0.133. The van der Waals surface area contributed by atoms with Gasteiger partial charge in [-0.2, -0.15) is 0 Å². The summed E-state index contributed by atoms with van der Waals surface area (Å²) < 4.78 is 32.3. The Morgan fingerprint density at radius 1 is 1.17 bits per heavy atom. The molecule has 1 amide bonds. The third-order valence-electron chi connectivity index (χ3n) is 4.19. The summed E-state index contributed by atoms with van der Waals surface area (Å²) in [7, 11) is -3.77. The number of sulfonamides is 1. The third kappa shape index (κ3) is 4.42. The molecule has 2 aromatic carbocycles. The SMILES string of the molecule is O=C(CN1CC(=O)Oc2ccccc21)Nc1ccc(S(=O)(=O)Nc2nccs2)cc1. The molecule has 1 aromatic heterocycles. The van der Waals surface area contributed by atoms with Crippen LogP contribution < -0.4 is 19.7 Å². The number of aromatic nitrogens is 1. The van der Waals surface area contributed by atoms with E-state index in [0.717, 1.165) is 0 Å². The maximum atomic E-state index is 12.4. The second-order valence-electron chi connectivity index (χ2n) is 6.31. The van der Waals surface area contributed by atoms with Gasteiger partial charge in [0.05, 0.1) is 17.1 Å². The predicted molar refractivity (Wildman–Crippen MR) is 112 cm³/mol. The van der Waals surface area contributed by atoms with E-state index in [0.29, 0.717) is 17.1 Å². The molecule has 9 nitrogen and oxygen atoms in total. The summed E-state index contributed by atoms with van der Waals surface area (Å²) in [4.78, 5) is 29.8. The average Bonchev–Trinajstić information content (AvgIpc) is 3.20. The molecule has 0 fully saturated rings. The number of fused-ring (bicyclic) bond motifs is 1. The van der Waals surface area contributed by atoms with Crippen molar-refractivity contribution in [3.63, 3.8) is 0 Å². The summed E-state index contributed by atoms with van der Waals surface area (Å²) in [5, 5.41) is 4.64. The van der Waals surface area contributed by atoms with Crippen LogP contribution in [0.25, 0.3) is 0 Å². The molecule has 11 heteroatoms. The first kappa shape index (κ1) is 19.9. The Morgan fingerprint density at radius 2 is 1.93 bits per heavy atom. The van der Waals surface area contributed by atoms with Crippen LogP contribution in [0.1, 0.15) is 0 Å². The molecule has 0 unspecified atom stereocenters. The third-order valence-corrected chi connectivity index (χ3v) is 6.36. The summed E-state index contributed by atoms with van der Waals surface area (Å²) in [5.41, 5.74) is 1.09. The maximum Gasteiger partial charge on any atom is 0.331 e. The van der Waals surface area contributed by atoms with Crippen molar-refractivity contribution in [2.45, 2.75) is 4.90 Å². The van der Waals surface area contributed by atoms with Gasteiger partial charge in [0.15, 0.2) is 10.9 Å². The zero-order chi connectivity index (χ0) is 21.1. The summed E-state index contributed by atoms with van der Waals surface area (Å²) in [6.45, 7) is -0.0954. The molecule has 3 aromatic rings. The molecular weight excluding hydrogens is 428 g/mol. The lowest BCUT2D eigenvalue weighted by Gasteiger charge is -2.29. The predicted octanol–water partition coefficient (Wildman–Crippen LogP) is 2.31. The van der Waals surface area contributed by atoms with Gasteiger partial charge in [-0.15, -0.1) is 11.3 Å². The van der Waals surface area contributed by atoms with Gasteiger partial charge in [0.1, 0.15) is 6.54 Å². The van der Waals surface area contributed by atoms with Crippen molar-refractivity contribution in [1.29, 1.82) is 0 Å². The first-order valence-electron chi connectivity index (χ1n) is 8.77. The number of rotatable bonds is 6. The lowest BCUT2D eigenvalue weighted by atomic mass is 10.2. The van der Waals surface area contributed by atoms with Gasteiger partial charge in [0, 0.05) is 17.3 Å². The summed E-state index contributed by atoms with van der Waals surface area (Å²) in [5.74, 6) is -0.386. The van der Waals surface area contributed by atoms with Crippen molar-refractivity contribution in [3.05, 3.63) is 60.1 Å². The minimum absolute atomic E-state index is 0.0377. The molecular formula is C19H16N4O5S2. The molecule has 0 saturated heterocycles. The number of esters is 1. The van der Waals surface area contributed by atoms with Crippen molar-refractivity contribution in [3.8, 4) is 5.75 Å². The number of carbonyl (C=O) groups excluding carboxylic acids is 2. The van der Waals surface area contributed by atoms with Gasteiger partial charge in [-0.3, -0.25) is 9.52 Å². The monoisotopic (exact) mass is 444 g/mol. The fourth-order valence-electron chi connectivity index (χ4n) is 2.88. The molecule has 1 aliphatic rings. The quantitative estimate of drug-likeness (QED) is 0.442. The second kappa shape index (κ2) is 8.13. The maximum absolute atomic E-state index is 12.4. The zero-order valence-electron chi connectivity index (χ0n) is 15.4. The Hall–Kier alpha value is -3.44. The van der Waals surface area contributed by atoms with Gasteiger partial charge >= 0.3 is 5.97 Å². The molecule has 154 valence electrons. The largest absolute Gasteiger partial charge is 0.423 e. The van der Waals surface area contributed by atoms with Crippen LogP contribution in [-0.4, -0.2) is 38.4 Å². The van der Waals surface area contributed by atoms with E-state index < -0.39 is 16.0 Å². The number of nitrogens with zero attached hydrogens (tertiary/aromatic N) is 2. The van der Waals surface area contributed by atoms with Gasteiger partial charge in [-0.05, 0) is 36.4 Å². The molecule has 4 rings (SSSR count). The van der Waals surface area contributed by atoms with Crippen LogP contribution in [0.4, 0.5) is 16.5 Å². The summed E-state index contributed by atoms with van der Waals surface area (Å²) >= 11 is 1.17. The fourth-order valence-corrected chi connectivity index (χ4v) is 4.67. The molecule has 30 heavy (non-hydrogen) atoms. The first-order chi connectivity index (χ1) is 14.4. The number of para-hydroxylation sites is 2. The Labute approximate surface area is 176 Å². The topological polar surface area (TPSA) is 118 Å². The number of anilines is 3. The van der Waals surface area contributed by atoms with E-state index in [4.69, 9.17) is 4.74 Å². The van der Waals surface area contributed by atoms with Crippen LogP contribution in [0.2, 0.25) is 0 Å². The van der Waals surface area contributed by atoms with Gasteiger partial charge in [-0.25, -0.2) is 18.2 Å². The molecule has 0 saturated carbocycles. The Morgan fingerprint density at radius 3 is 2.67 bits per heavy atom. The van der Waals surface area contributed by atoms with Crippen molar-refractivity contribution in [2.24, 2.45) is 0 Å². The average molecular weight is 444 g/mol. The van der Waals surface area contributed by atoms with Gasteiger partial charge < -0.3 is 15.0 Å². The van der Waals surface area contributed by atoms with Gasteiger partial charge in [0.2, 0.25) is 5.91 Å². The fraction of sp³-hybridized carbons (Fsp3) is 0.105. The van der Waals surface area contributed by atoms with Crippen molar-refractivity contribution in [1.82, 2.24) is 4.98 Å². The summed E-state index contributed by atoms with van der Waals surface area (Å²) in [6, 6.07) is 12.7. The molecule has 0 bridgehead atoms. The lowest BCUT2D eigenvalue weighted by Crippen LogP contribution is -2.41. The number of ether oxygens (including phenoxy) is 1. The molecule has 0 spiro atoms.